The number of hydrogen-bond donors (Lipinski definition) is 3. The molecule has 0 bridgehead atoms. The van der Waals surface area contributed by atoms with Crippen LogP contribution in [0.3, 0.4) is 0 Å². The maximum Gasteiger partial charge on any atom is 0.315 e. The lowest BCUT2D eigenvalue weighted by Crippen LogP contribution is -2.50. The summed E-state index contributed by atoms with van der Waals surface area (Å²) in [6.45, 7) is 12.1. The molecule has 1 aliphatic rings. The Morgan fingerprint density at radius 2 is 1.68 bits per heavy atom. The van der Waals surface area contributed by atoms with Gasteiger partial charge in [-0.2, -0.15) is 5.10 Å². The lowest BCUT2D eigenvalue weighted by Gasteiger charge is -2.31. The predicted molar refractivity (Wildman–Crippen MR) is 137 cm³/mol. The normalized spacial score (nSPS) is 18.6. The molecule has 2 aromatic heterocycles. The fourth-order valence-corrected chi connectivity index (χ4v) is 4.49. The van der Waals surface area contributed by atoms with Crippen molar-refractivity contribution in [3.05, 3.63) is 41.3 Å². The SMILES string of the molecule is CCc1nc(NC2CCC(NC(=O)NC(C)(C)C)CC2)c2c(C)nn(-c3ccc(C)cc3)c2n1. The largest absolute Gasteiger partial charge is 0.367 e. The van der Waals surface area contributed by atoms with Gasteiger partial charge >= 0.3 is 6.03 Å². The monoisotopic (exact) mass is 463 g/mol. The molecular weight excluding hydrogens is 426 g/mol. The summed E-state index contributed by atoms with van der Waals surface area (Å²) in [6, 6.07) is 8.74. The van der Waals surface area contributed by atoms with Crippen LogP contribution < -0.4 is 16.0 Å². The summed E-state index contributed by atoms with van der Waals surface area (Å²) < 4.78 is 1.92. The van der Waals surface area contributed by atoms with Gasteiger partial charge in [-0.15, -0.1) is 0 Å². The summed E-state index contributed by atoms with van der Waals surface area (Å²) in [5.74, 6) is 1.66. The Morgan fingerprint density at radius 3 is 2.29 bits per heavy atom. The number of benzene rings is 1. The number of amides is 2. The number of aryl methyl sites for hydroxylation is 3. The van der Waals surface area contributed by atoms with Crippen LogP contribution >= 0.6 is 0 Å². The average molecular weight is 464 g/mol. The van der Waals surface area contributed by atoms with Crippen LogP contribution in [0.25, 0.3) is 16.7 Å². The van der Waals surface area contributed by atoms with E-state index in [-0.39, 0.29) is 17.6 Å². The first-order valence-corrected chi connectivity index (χ1v) is 12.3. The molecule has 182 valence electrons. The highest BCUT2D eigenvalue weighted by molar-refractivity contribution is 5.90. The maximum absolute atomic E-state index is 12.2. The van der Waals surface area contributed by atoms with E-state index in [0.29, 0.717) is 6.04 Å². The fourth-order valence-electron chi connectivity index (χ4n) is 4.49. The lowest BCUT2D eigenvalue weighted by atomic mass is 9.91. The Morgan fingerprint density at radius 1 is 1.03 bits per heavy atom. The number of carbonyl (C=O) groups excluding carboxylic acids is 1. The van der Waals surface area contributed by atoms with Gasteiger partial charge < -0.3 is 16.0 Å². The molecule has 0 spiro atoms. The van der Waals surface area contributed by atoms with Crippen LogP contribution in [0.1, 0.15) is 70.5 Å². The number of anilines is 1. The third-order valence-electron chi connectivity index (χ3n) is 6.24. The molecule has 1 aromatic carbocycles. The standard InChI is InChI=1S/C26H37N7O/c1-7-21-29-23(27-18-10-12-19(13-11-18)28-25(34)31-26(4,5)6)22-17(3)32-33(24(22)30-21)20-14-8-16(2)9-15-20/h8-9,14-15,18-19H,7,10-13H2,1-6H3,(H,27,29,30)(H2,28,31,34). The van der Waals surface area contributed by atoms with E-state index < -0.39 is 0 Å². The highest BCUT2D eigenvalue weighted by Gasteiger charge is 2.25. The zero-order valence-electron chi connectivity index (χ0n) is 21.2. The van der Waals surface area contributed by atoms with Crippen molar-refractivity contribution in [3.63, 3.8) is 0 Å². The third kappa shape index (κ3) is 5.48. The molecule has 2 heterocycles. The van der Waals surface area contributed by atoms with E-state index in [4.69, 9.17) is 15.1 Å². The number of fused-ring (bicyclic) bond motifs is 1. The molecule has 0 saturated heterocycles. The minimum absolute atomic E-state index is 0.0897. The second-order valence-electron chi connectivity index (χ2n) is 10.4. The van der Waals surface area contributed by atoms with Crippen LogP contribution in [0.4, 0.5) is 10.6 Å². The Bertz CT molecular complexity index is 1150. The second-order valence-corrected chi connectivity index (χ2v) is 10.4. The van der Waals surface area contributed by atoms with Crippen LogP contribution in [-0.4, -0.2) is 43.4 Å². The van der Waals surface area contributed by atoms with Gasteiger partial charge in [-0.1, -0.05) is 24.6 Å². The summed E-state index contributed by atoms with van der Waals surface area (Å²) in [7, 11) is 0. The van der Waals surface area contributed by atoms with Crippen molar-refractivity contribution in [1.82, 2.24) is 30.4 Å². The molecular formula is C26H37N7O. The number of hydrogen-bond acceptors (Lipinski definition) is 5. The highest BCUT2D eigenvalue weighted by Crippen LogP contribution is 2.29. The van der Waals surface area contributed by atoms with E-state index in [0.717, 1.165) is 66.2 Å². The van der Waals surface area contributed by atoms with Gasteiger partial charge in [0.1, 0.15) is 11.6 Å². The highest BCUT2D eigenvalue weighted by atomic mass is 16.2. The number of nitrogens with zero attached hydrogens (tertiary/aromatic N) is 4. The summed E-state index contributed by atoms with van der Waals surface area (Å²) in [5.41, 5.74) is 3.72. The topological polar surface area (TPSA) is 96.8 Å². The first-order valence-electron chi connectivity index (χ1n) is 12.3. The van der Waals surface area contributed by atoms with E-state index in [1.165, 1.54) is 5.56 Å². The van der Waals surface area contributed by atoms with Crippen molar-refractivity contribution < 1.29 is 4.79 Å². The van der Waals surface area contributed by atoms with Gasteiger partial charge in [0.2, 0.25) is 0 Å². The van der Waals surface area contributed by atoms with E-state index in [1.54, 1.807) is 0 Å². The molecule has 0 aliphatic heterocycles. The fraction of sp³-hybridized carbons (Fsp3) is 0.538. The van der Waals surface area contributed by atoms with Gasteiger partial charge in [0, 0.05) is 24.0 Å². The molecule has 1 aliphatic carbocycles. The molecule has 1 fully saturated rings. The maximum atomic E-state index is 12.2. The van der Waals surface area contributed by atoms with Crippen molar-refractivity contribution in [2.24, 2.45) is 0 Å². The van der Waals surface area contributed by atoms with Gasteiger partial charge in [-0.05, 0) is 72.4 Å². The lowest BCUT2D eigenvalue weighted by molar-refractivity contribution is 0.223. The first kappa shape index (κ1) is 24.0. The molecule has 0 unspecified atom stereocenters. The zero-order valence-corrected chi connectivity index (χ0v) is 21.2. The van der Waals surface area contributed by atoms with Crippen molar-refractivity contribution in [1.29, 1.82) is 0 Å². The Hall–Kier alpha value is -3.16. The van der Waals surface area contributed by atoms with E-state index in [2.05, 4.69) is 54.1 Å². The number of carbonyl (C=O) groups is 1. The predicted octanol–water partition coefficient (Wildman–Crippen LogP) is 4.82. The molecule has 0 atom stereocenters. The van der Waals surface area contributed by atoms with Crippen molar-refractivity contribution >= 4 is 22.9 Å². The van der Waals surface area contributed by atoms with Gasteiger partial charge in [0.25, 0.3) is 0 Å². The number of nitrogens with one attached hydrogen (secondary N) is 3. The summed E-state index contributed by atoms with van der Waals surface area (Å²) in [4.78, 5) is 21.9. The van der Waals surface area contributed by atoms with Gasteiger partial charge in [-0.3, -0.25) is 0 Å². The molecule has 8 nitrogen and oxygen atoms in total. The molecule has 2 amide bonds. The van der Waals surface area contributed by atoms with Crippen LogP contribution in [0, 0.1) is 13.8 Å². The van der Waals surface area contributed by atoms with Crippen molar-refractivity contribution in [2.45, 2.75) is 91.3 Å². The molecule has 3 aromatic rings. The molecule has 0 radical (unpaired) electrons. The average Bonchev–Trinajstić information content (AvgIpc) is 3.11. The van der Waals surface area contributed by atoms with Gasteiger partial charge in [0.05, 0.1) is 16.8 Å². The van der Waals surface area contributed by atoms with Crippen LogP contribution in [0.2, 0.25) is 0 Å². The van der Waals surface area contributed by atoms with E-state index in [9.17, 15) is 4.79 Å². The molecule has 1 saturated carbocycles. The van der Waals surface area contributed by atoms with Crippen LogP contribution in [0.5, 0.6) is 0 Å². The number of rotatable bonds is 5. The van der Waals surface area contributed by atoms with Crippen molar-refractivity contribution in [3.8, 4) is 5.69 Å². The second kappa shape index (κ2) is 9.60. The van der Waals surface area contributed by atoms with E-state index >= 15 is 0 Å². The third-order valence-corrected chi connectivity index (χ3v) is 6.24. The summed E-state index contributed by atoms with van der Waals surface area (Å²) in [5, 5.41) is 15.6. The molecule has 3 N–H and O–H groups in total. The van der Waals surface area contributed by atoms with Gasteiger partial charge in [0.15, 0.2) is 5.65 Å². The summed E-state index contributed by atoms with van der Waals surface area (Å²) >= 11 is 0. The Balaban J connectivity index is 1.51. The Kier molecular flexibility index (Phi) is 6.77. The van der Waals surface area contributed by atoms with E-state index in [1.807, 2.05) is 32.4 Å². The number of aromatic nitrogens is 4. The quantitative estimate of drug-likeness (QED) is 0.504. The first-order chi connectivity index (χ1) is 16.1. The Labute approximate surface area is 201 Å². The number of urea groups is 1. The van der Waals surface area contributed by atoms with Crippen LogP contribution in [-0.2, 0) is 6.42 Å². The van der Waals surface area contributed by atoms with Gasteiger partial charge in [-0.25, -0.2) is 19.4 Å². The van der Waals surface area contributed by atoms with Crippen molar-refractivity contribution in [2.75, 3.05) is 5.32 Å². The minimum atomic E-state index is -0.237. The molecule has 4 rings (SSSR count). The smallest absolute Gasteiger partial charge is 0.315 e. The molecule has 34 heavy (non-hydrogen) atoms. The van der Waals surface area contributed by atoms with Crippen LogP contribution in [0.15, 0.2) is 24.3 Å². The molecule has 8 heteroatoms. The zero-order chi connectivity index (χ0) is 24.5. The summed E-state index contributed by atoms with van der Waals surface area (Å²) in [6.07, 6.45) is 4.57. The minimum Gasteiger partial charge on any atom is -0.367 e.